The molecule has 1 amide bonds. The van der Waals surface area contributed by atoms with Gasteiger partial charge in [0.05, 0.1) is 25.4 Å². The Bertz CT molecular complexity index is 568. The highest BCUT2D eigenvalue weighted by Crippen LogP contribution is 2.28. The molecule has 2 rings (SSSR count). The molecule has 0 bridgehead atoms. The fourth-order valence-electron chi connectivity index (χ4n) is 2.37. The van der Waals surface area contributed by atoms with E-state index < -0.39 is 5.97 Å². The maximum atomic E-state index is 12.0. The summed E-state index contributed by atoms with van der Waals surface area (Å²) in [6, 6.07) is 4.73. The number of carbonyl (C=O) groups excluding carboxylic acids is 2. The minimum atomic E-state index is -0.594. The van der Waals surface area contributed by atoms with Gasteiger partial charge in [0, 0.05) is 13.2 Å². The van der Waals surface area contributed by atoms with Crippen LogP contribution in [0, 0.1) is 0 Å². The summed E-state index contributed by atoms with van der Waals surface area (Å²) in [5.41, 5.74) is 0.294. The molecule has 1 aromatic rings. The second kappa shape index (κ2) is 9.12. The number of ether oxygens (including phenoxy) is 4. The van der Waals surface area contributed by atoms with Gasteiger partial charge in [0.2, 0.25) is 0 Å². The largest absolute Gasteiger partial charge is 0.493 e. The van der Waals surface area contributed by atoms with Gasteiger partial charge in [-0.1, -0.05) is 0 Å². The van der Waals surface area contributed by atoms with E-state index in [1.807, 2.05) is 6.92 Å². The number of rotatable bonds is 8. The van der Waals surface area contributed by atoms with Crippen LogP contribution in [0.2, 0.25) is 0 Å². The molecule has 1 heterocycles. The van der Waals surface area contributed by atoms with Gasteiger partial charge in [0.25, 0.3) is 5.91 Å². The molecule has 0 aromatic heterocycles. The number of hydrogen-bond acceptors (Lipinski definition) is 6. The van der Waals surface area contributed by atoms with Crippen LogP contribution in [0.4, 0.5) is 0 Å². The highest BCUT2D eigenvalue weighted by atomic mass is 16.5. The van der Waals surface area contributed by atoms with Gasteiger partial charge >= 0.3 is 5.97 Å². The van der Waals surface area contributed by atoms with Crippen LogP contribution in [0.1, 0.15) is 30.1 Å². The number of methoxy groups -OCH3 is 1. The number of amides is 1. The average Bonchev–Trinajstić information content (AvgIpc) is 3.12. The lowest BCUT2D eigenvalue weighted by molar-refractivity contribution is -0.124. The summed E-state index contributed by atoms with van der Waals surface area (Å²) < 4.78 is 21.0. The molecule has 1 aliphatic heterocycles. The summed E-state index contributed by atoms with van der Waals surface area (Å²) in [7, 11) is 1.49. The second-order valence-corrected chi connectivity index (χ2v) is 5.31. The lowest BCUT2D eigenvalue weighted by Crippen LogP contribution is -2.34. The third-order valence-electron chi connectivity index (χ3n) is 3.58. The maximum Gasteiger partial charge on any atom is 0.338 e. The van der Waals surface area contributed by atoms with Gasteiger partial charge in [-0.3, -0.25) is 4.79 Å². The standard InChI is InChI=1S/C17H23NO6/c1-3-22-14-7-6-12(9-15(14)21-2)17(20)24-11-16(19)18-10-13-5-4-8-23-13/h6-7,9,13H,3-5,8,10-11H2,1-2H3,(H,18,19)/t13-/m1/s1. The molecular weight excluding hydrogens is 314 g/mol. The number of carbonyl (C=O) groups is 2. The summed E-state index contributed by atoms with van der Waals surface area (Å²) >= 11 is 0. The molecule has 1 aliphatic rings. The van der Waals surface area contributed by atoms with Crippen LogP contribution in [0.3, 0.4) is 0 Å². The molecule has 24 heavy (non-hydrogen) atoms. The molecule has 7 heteroatoms. The number of esters is 1. The van der Waals surface area contributed by atoms with Gasteiger partial charge in [-0.05, 0) is 38.0 Å². The second-order valence-electron chi connectivity index (χ2n) is 5.31. The monoisotopic (exact) mass is 337 g/mol. The van der Waals surface area contributed by atoms with Crippen LogP contribution < -0.4 is 14.8 Å². The van der Waals surface area contributed by atoms with E-state index in [4.69, 9.17) is 18.9 Å². The molecule has 7 nitrogen and oxygen atoms in total. The highest BCUT2D eigenvalue weighted by molar-refractivity contribution is 5.92. The minimum absolute atomic E-state index is 0.0556. The van der Waals surface area contributed by atoms with E-state index >= 15 is 0 Å². The van der Waals surface area contributed by atoms with Crippen molar-refractivity contribution in [1.82, 2.24) is 5.32 Å². The summed E-state index contributed by atoms with van der Waals surface area (Å²) in [5.74, 6) is 0.0420. The topological polar surface area (TPSA) is 83.1 Å². The van der Waals surface area contributed by atoms with Crippen molar-refractivity contribution in [1.29, 1.82) is 0 Å². The molecule has 0 aliphatic carbocycles. The zero-order chi connectivity index (χ0) is 17.4. The van der Waals surface area contributed by atoms with Crippen LogP contribution in [0.25, 0.3) is 0 Å². The van der Waals surface area contributed by atoms with E-state index in [0.717, 1.165) is 19.4 Å². The van der Waals surface area contributed by atoms with Gasteiger partial charge in [-0.25, -0.2) is 4.79 Å². The smallest absolute Gasteiger partial charge is 0.338 e. The maximum absolute atomic E-state index is 12.0. The average molecular weight is 337 g/mol. The zero-order valence-corrected chi connectivity index (χ0v) is 14.0. The first-order valence-electron chi connectivity index (χ1n) is 8.00. The summed E-state index contributed by atoms with van der Waals surface area (Å²) in [4.78, 5) is 23.7. The molecule has 132 valence electrons. The van der Waals surface area contributed by atoms with Gasteiger partial charge in [0.1, 0.15) is 0 Å². The quantitative estimate of drug-likeness (QED) is 0.725. The van der Waals surface area contributed by atoms with E-state index in [1.54, 1.807) is 12.1 Å². The van der Waals surface area contributed by atoms with Crippen molar-refractivity contribution in [2.24, 2.45) is 0 Å². The predicted octanol–water partition coefficient (Wildman–Crippen LogP) is 1.55. The lowest BCUT2D eigenvalue weighted by atomic mass is 10.2. The van der Waals surface area contributed by atoms with Crippen LogP contribution >= 0.6 is 0 Å². The summed E-state index contributed by atoms with van der Waals surface area (Å²) in [6.45, 7) is 3.19. The Morgan fingerprint density at radius 3 is 2.83 bits per heavy atom. The first-order valence-corrected chi connectivity index (χ1v) is 8.00. The molecule has 0 spiro atoms. The Hall–Kier alpha value is -2.28. The summed E-state index contributed by atoms with van der Waals surface area (Å²) in [6.07, 6.45) is 2.00. The van der Waals surface area contributed by atoms with E-state index in [9.17, 15) is 9.59 Å². The van der Waals surface area contributed by atoms with Gasteiger partial charge in [0.15, 0.2) is 18.1 Å². The normalized spacial score (nSPS) is 16.5. The van der Waals surface area contributed by atoms with Crippen LogP contribution in [0.15, 0.2) is 18.2 Å². The van der Waals surface area contributed by atoms with E-state index in [0.29, 0.717) is 30.2 Å². The van der Waals surface area contributed by atoms with Gasteiger partial charge < -0.3 is 24.3 Å². The molecule has 0 unspecified atom stereocenters. The van der Waals surface area contributed by atoms with E-state index in [2.05, 4.69) is 5.32 Å². The Morgan fingerprint density at radius 2 is 2.17 bits per heavy atom. The molecular formula is C17H23NO6. The van der Waals surface area contributed by atoms with Crippen molar-refractivity contribution in [2.75, 3.05) is 33.5 Å². The van der Waals surface area contributed by atoms with Crippen molar-refractivity contribution < 1.29 is 28.5 Å². The van der Waals surface area contributed by atoms with Crippen molar-refractivity contribution in [2.45, 2.75) is 25.9 Å². The van der Waals surface area contributed by atoms with Gasteiger partial charge in [-0.2, -0.15) is 0 Å². The van der Waals surface area contributed by atoms with Crippen LogP contribution in [0.5, 0.6) is 11.5 Å². The van der Waals surface area contributed by atoms with Crippen LogP contribution in [-0.2, 0) is 14.3 Å². The third kappa shape index (κ3) is 5.13. The number of nitrogens with one attached hydrogen (secondary N) is 1. The third-order valence-corrected chi connectivity index (χ3v) is 3.58. The Kier molecular flexibility index (Phi) is 6.87. The zero-order valence-electron chi connectivity index (χ0n) is 14.0. The Labute approximate surface area is 141 Å². The molecule has 1 atom stereocenters. The molecule has 0 saturated carbocycles. The highest BCUT2D eigenvalue weighted by Gasteiger charge is 2.17. The Balaban J connectivity index is 1.81. The van der Waals surface area contributed by atoms with Gasteiger partial charge in [-0.15, -0.1) is 0 Å². The molecule has 0 radical (unpaired) electrons. The SMILES string of the molecule is CCOc1ccc(C(=O)OCC(=O)NC[C@H]2CCCO2)cc1OC. The molecule has 1 aromatic carbocycles. The lowest BCUT2D eigenvalue weighted by Gasteiger charge is -2.12. The van der Waals surface area contributed by atoms with E-state index in [1.165, 1.54) is 13.2 Å². The van der Waals surface area contributed by atoms with Crippen molar-refractivity contribution in [3.05, 3.63) is 23.8 Å². The number of benzene rings is 1. The minimum Gasteiger partial charge on any atom is -0.493 e. The van der Waals surface area contributed by atoms with Crippen molar-refractivity contribution in [3.63, 3.8) is 0 Å². The fourth-order valence-corrected chi connectivity index (χ4v) is 2.37. The van der Waals surface area contributed by atoms with Crippen LogP contribution in [-0.4, -0.2) is 51.5 Å². The summed E-state index contributed by atoms with van der Waals surface area (Å²) in [5, 5.41) is 2.69. The molecule has 1 saturated heterocycles. The first-order chi connectivity index (χ1) is 11.6. The fraction of sp³-hybridized carbons (Fsp3) is 0.529. The predicted molar refractivity (Wildman–Crippen MR) is 86.4 cm³/mol. The van der Waals surface area contributed by atoms with E-state index in [-0.39, 0.29) is 18.6 Å². The molecule has 1 fully saturated rings. The molecule has 1 N–H and O–H groups in total. The Morgan fingerprint density at radius 1 is 1.33 bits per heavy atom. The van der Waals surface area contributed by atoms with Crippen molar-refractivity contribution in [3.8, 4) is 11.5 Å². The van der Waals surface area contributed by atoms with Crippen molar-refractivity contribution >= 4 is 11.9 Å². The first kappa shape index (κ1) is 18.1. The number of hydrogen-bond donors (Lipinski definition) is 1.